The molecule has 1 fully saturated rings. The van der Waals surface area contributed by atoms with Crippen LogP contribution in [0.3, 0.4) is 0 Å². The van der Waals surface area contributed by atoms with E-state index in [0.717, 1.165) is 31.6 Å². The molecule has 1 aliphatic rings. The fourth-order valence-electron chi connectivity index (χ4n) is 2.82. The zero-order valence-corrected chi connectivity index (χ0v) is 13.8. The van der Waals surface area contributed by atoms with E-state index in [1.807, 2.05) is 11.8 Å². The van der Waals surface area contributed by atoms with Gasteiger partial charge in [0.25, 0.3) is 5.91 Å². The van der Waals surface area contributed by atoms with Crippen molar-refractivity contribution in [3.8, 4) is 0 Å². The molecule has 1 aliphatic heterocycles. The standard InChI is InChI=1S/C16H24N4O2/c1-5-17-15(22)13-10-14(19-11(2)18-13)16(4)6-8-20(9-7-16)12(3)21/h10H,5-9H2,1-4H3,(H,17,22). The van der Waals surface area contributed by atoms with Crippen molar-refractivity contribution in [1.29, 1.82) is 0 Å². The minimum absolute atomic E-state index is 0.115. The lowest BCUT2D eigenvalue weighted by molar-refractivity contribution is -0.130. The molecule has 2 amide bonds. The van der Waals surface area contributed by atoms with Gasteiger partial charge >= 0.3 is 0 Å². The van der Waals surface area contributed by atoms with Crippen LogP contribution in [0.25, 0.3) is 0 Å². The van der Waals surface area contributed by atoms with Gasteiger partial charge < -0.3 is 10.2 Å². The first-order chi connectivity index (χ1) is 10.4. The van der Waals surface area contributed by atoms with Crippen molar-refractivity contribution in [2.24, 2.45) is 0 Å². The van der Waals surface area contributed by atoms with Gasteiger partial charge in [-0.1, -0.05) is 6.92 Å². The Bertz CT molecular complexity index is 578. The molecule has 6 heteroatoms. The minimum atomic E-state index is -0.168. The summed E-state index contributed by atoms with van der Waals surface area (Å²) in [6.07, 6.45) is 1.69. The van der Waals surface area contributed by atoms with E-state index in [0.29, 0.717) is 18.1 Å². The number of piperidine rings is 1. The van der Waals surface area contributed by atoms with Crippen LogP contribution in [0.2, 0.25) is 0 Å². The lowest BCUT2D eigenvalue weighted by Crippen LogP contribution is -2.43. The Labute approximate surface area is 131 Å². The Morgan fingerprint density at radius 3 is 2.50 bits per heavy atom. The molecule has 1 aromatic heterocycles. The summed E-state index contributed by atoms with van der Waals surface area (Å²) < 4.78 is 0. The molecule has 2 rings (SSSR count). The van der Waals surface area contributed by atoms with Crippen LogP contribution in [0.4, 0.5) is 0 Å². The molecule has 2 heterocycles. The van der Waals surface area contributed by atoms with E-state index in [4.69, 9.17) is 0 Å². The molecule has 1 aromatic rings. The normalized spacial score (nSPS) is 17.2. The molecule has 0 aromatic carbocycles. The zero-order valence-electron chi connectivity index (χ0n) is 13.8. The molecule has 0 aliphatic carbocycles. The largest absolute Gasteiger partial charge is 0.351 e. The Morgan fingerprint density at radius 1 is 1.32 bits per heavy atom. The molecule has 1 saturated heterocycles. The SMILES string of the molecule is CCNC(=O)c1cc(C2(C)CCN(C(C)=O)CC2)nc(C)n1. The van der Waals surface area contributed by atoms with Gasteiger partial charge in [-0.2, -0.15) is 0 Å². The van der Waals surface area contributed by atoms with Crippen molar-refractivity contribution in [2.75, 3.05) is 19.6 Å². The van der Waals surface area contributed by atoms with Gasteiger partial charge in [0, 0.05) is 32.0 Å². The molecule has 0 unspecified atom stereocenters. The van der Waals surface area contributed by atoms with Crippen LogP contribution in [0.15, 0.2) is 6.07 Å². The number of hydrogen-bond donors (Lipinski definition) is 1. The first-order valence-electron chi connectivity index (χ1n) is 7.75. The van der Waals surface area contributed by atoms with Crippen molar-refractivity contribution in [2.45, 2.75) is 46.0 Å². The van der Waals surface area contributed by atoms with E-state index in [9.17, 15) is 9.59 Å². The van der Waals surface area contributed by atoms with Gasteiger partial charge in [0.1, 0.15) is 11.5 Å². The van der Waals surface area contributed by atoms with Gasteiger partial charge in [0.05, 0.1) is 5.69 Å². The number of rotatable bonds is 3. The van der Waals surface area contributed by atoms with Gasteiger partial charge in [-0.05, 0) is 32.8 Å². The Balaban J connectivity index is 2.25. The maximum absolute atomic E-state index is 12.0. The monoisotopic (exact) mass is 304 g/mol. The van der Waals surface area contributed by atoms with Crippen LogP contribution in [-0.2, 0) is 10.2 Å². The molecule has 22 heavy (non-hydrogen) atoms. The third-order valence-corrected chi connectivity index (χ3v) is 4.34. The highest BCUT2D eigenvalue weighted by Crippen LogP contribution is 2.34. The zero-order chi connectivity index (χ0) is 16.3. The second-order valence-corrected chi connectivity index (χ2v) is 6.11. The summed E-state index contributed by atoms with van der Waals surface area (Å²) in [5.41, 5.74) is 1.19. The summed E-state index contributed by atoms with van der Waals surface area (Å²) in [5.74, 6) is 0.553. The highest BCUT2D eigenvalue weighted by molar-refractivity contribution is 5.92. The molecule has 0 saturated carbocycles. The third kappa shape index (κ3) is 3.43. The first-order valence-corrected chi connectivity index (χ1v) is 7.75. The number of carbonyl (C=O) groups is 2. The number of carbonyl (C=O) groups excluding carboxylic acids is 2. The average Bonchev–Trinajstić information content (AvgIpc) is 2.47. The van der Waals surface area contributed by atoms with Gasteiger partial charge in [0.2, 0.25) is 5.91 Å². The molecule has 0 spiro atoms. The number of likely N-dealkylation sites (tertiary alicyclic amines) is 1. The van der Waals surface area contributed by atoms with Crippen molar-refractivity contribution in [3.05, 3.63) is 23.3 Å². The molecular weight excluding hydrogens is 280 g/mol. The van der Waals surface area contributed by atoms with Crippen LogP contribution < -0.4 is 5.32 Å². The topological polar surface area (TPSA) is 75.2 Å². The predicted octanol–water partition coefficient (Wildman–Crippen LogP) is 1.43. The lowest BCUT2D eigenvalue weighted by atomic mass is 9.77. The van der Waals surface area contributed by atoms with E-state index >= 15 is 0 Å². The van der Waals surface area contributed by atoms with Crippen LogP contribution in [0.5, 0.6) is 0 Å². The van der Waals surface area contributed by atoms with Crippen LogP contribution in [0, 0.1) is 6.92 Å². The number of nitrogens with zero attached hydrogens (tertiary/aromatic N) is 3. The van der Waals surface area contributed by atoms with Crippen LogP contribution in [-0.4, -0.2) is 46.3 Å². The first kappa shape index (κ1) is 16.4. The van der Waals surface area contributed by atoms with Crippen molar-refractivity contribution >= 4 is 11.8 Å². The molecule has 0 atom stereocenters. The highest BCUT2D eigenvalue weighted by Gasteiger charge is 2.34. The van der Waals surface area contributed by atoms with Gasteiger partial charge in [0.15, 0.2) is 0 Å². The summed E-state index contributed by atoms with van der Waals surface area (Å²) in [6, 6.07) is 1.79. The second-order valence-electron chi connectivity index (χ2n) is 6.11. The van der Waals surface area contributed by atoms with E-state index in [-0.39, 0.29) is 17.2 Å². The smallest absolute Gasteiger partial charge is 0.270 e. The number of aromatic nitrogens is 2. The summed E-state index contributed by atoms with van der Waals surface area (Å²) in [4.78, 5) is 34.1. The van der Waals surface area contributed by atoms with Crippen LogP contribution >= 0.6 is 0 Å². The molecule has 0 bridgehead atoms. The molecule has 1 N–H and O–H groups in total. The van der Waals surface area contributed by atoms with E-state index in [1.54, 1.807) is 19.9 Å². The van der Waals surface area contributed by atoms with E-state index in [2.05, 4.69) is 22.2 Å². The Kier molecular flexibility index (Phi) is 4.78. The maximum Gasteiger partial charge on any atom is 0.270 e. The molecule has 120 valence electrons. The second kappa shape index (κ2) is 6.42. The van der Waals surface area contributed by atoms with Crippen molar-refractivity contribution < 1.29 is 9.59 Å². The van der Waals surface area contributed by atoms with Crippen LogP contribution in [0.1, 0.15) is 55.6 Å². The third-order valence-electron chi connectivity index (χ3n) is 4.34. The van der Waals surface area contributed by atoms with Crippen molar-refractivity contribution in [1.82, 2.24) is 20.2 Å². The number of amides is 2. The Morgan fingerprint density at radius 2 is 1.95 bits per heavy atom. The van der Waals surface area contributed by atoms with Gasteiger partial charge in [-0.15, -0.1) is 0 Å². The maximum atomic E-state index is 12.0. The lowest BCUT2D eigenvalue weighted by Gasteiger charge is -2.38. The fraction of sp³-hybridized carbons (Fsp3) is 0.625. The quantitative estimate of drug-likeness (QED) is 0.916. The Hall–Kier alpha value is -1.98. The molecule has 6 nitrogen and oxygen atoms in total. The average molecular weight is 304 g/mol. The van der Waals surface area contributed by atoms with E-state index < -0.39 is 0 Å². The molecular formula is C16H24N4O2. The summed E-state index contributed by atoms with van der Waals surface area (Å²) >= 11 is 0. The van der Waals surface area contributed by atoms with Gasteiger partial charge in [-0.25, -0.2) is 9.97 Å². The summed E-state index contributed by atoms with van der Waals surface area (Å²) in [7, 11) is 0. The predicted molar refractivity (Wildman–Crippen MR) is 83.6 cm³/mol. The minimum Gasteiger partial charge on any atom is -0.351 e. The number of aryl methyl sites for hydroxylation is 1. The fourth-order valence-corrected chi connectivity index (χ4v) is 2.82. The highest BCUT2D eigenvalue weighted by atomic mass is 16.2. The molecule has 0 radical (unpaired) electrons. The number of hydrogen-bond acceptors (Lipinski definition) is 4. The summed E-state index contributed by atoms with van der Waals surface area (Å²) in [5, 5.41) is 2.77. The van der Waals surface area contributed by atoms with E-state index in [1.165, 1.54) is 0 Å². The van der Waals surface area contributed by atoms with Crippen molar-refractivity contribution in [3.63, 3.8) is 0 Å². The number of nitrogens with one attached hydrogen (secondary N) is 1. The van der Waals surface area contributed by atoms with Gasteiger partial charge in [-0.3, -0.25) is 9.59 Å². The summed E-state index contributed by atoms with van der Waals surface area (Å²) in [6.45, 7) is 9.46.